The third-order valence-electron chi connectivity index (χ3n) is 3.63. The highest BCUT2D eigenvalue weighted by molar-refractivity contribution is 6.30. The zero-order chi connectivity index (χ0) is 14.8. The van der Waals surface area contributed by atoms with E-state index in [1.54, 1.807) is 0 Å². The molecule has 1 aromatic carbocycles. The van der Waals surface area contributed by atoms with Gasteiger partial charge in [0.05, 0.1) is 5.69 Å². The smallest absolute Gasteiger partial charge is 0.0624 e. The average Bonchev–Trinajstić information content (AvgIpc) is 2.80. The SMILES string of the molecule is CCc1cc(CC(C)(N)c2ccc(Cl)cc2)n(CC)n1. The van der Waals surface area contributed by atoms with Crippen molar-refractivity contribution in [1.82, 2.24) is 9.78 Å². The average molecular weight is 292 g/mol. The van der Waals surface area contributed by atoms with E-state index < -0.39 is 5.54 Å². The lowest BCUT2D eigenvalue weighted by Crippen LogP contribution is -2.36. The molecule has 1 heterocycles. The molecule has 0 spiro atoms. The van der Waals surface area contributed by atoms with Crippen LogP contribution in [0.4, 0.5) is 0 Å². The minimum Gasteiger partial charge on any atom is -0.321 e. The Bertz CT molecular complexity index is 570. The number of nitrogens with zero attached hydrogens (tertiary/aromatic N) is 2. The molecule has 3 nitrogen and oxygen atoms in total. The molecule has 1 aromatic heterocycles. The Hall–Kier alpha value is -1.32. The van der Waals surface area contributed by atoms with Crippen LogP contribution in [0.25, 0.3) is 0 Å². The van der Waals surface area contributed by atoms with Gasteiger partial charge in [0.25, 0.3) is 0 Å². The lowest BCUT2D eigenvalue weighted by molar-refractivity contribution is 0.463. The van der Waals surface area contributed by atoms with Crippen LogP contribution in [-0.2, 0) is 24.9 Å². The predicted octanol–water partition coefficient (Wildman–Crippen LogP) is 3.54. The number of aryl methyl sites for hydroxylation is 2. The quantitative estimate of drug-likeness (QED) is 0.916. The van der Waals surface area contributed by atoms with Crippen LogP contribution in [-0.4, -0.2) is 9.78 Å². The molecule has 1 atom stereocenters. The molecular weight excluding hydrogens is 270 g/mol. The summed E-state index contributed by atoms with van der Waals surface area (Å²) in [5.41, 5.74) is 9.47. The largest absolute Gasteiger partial charge is 0.321 e. The molecule has 0 amide bonds. The first-order chi connectivity index (χ1) is 9.46. The van der Waals surface area contributed by atoms with Gasteiger partial charge in [-0.05, 0) is 44.0 Å². The molecule has 20 heavy (non-hydrogen) atoms. The molecule has 0 bridgehead atoms. The van der Waals surface area contributed by atoms with Crippen LogP contribution in [0.3, 0.4) is 0 Å². The van der Waals surface area contributed by atoms with Gasteiger partial charge in [-0.3, -0.25) is 4.68 Å². The summed E-state index contributed by atoms with van der Waals surface area (Å²) in [4.78, 5) is 0. The fourth-order valence-electron chi connectivity index (χ4n) is 2.41. The highest BCUT2D eigenvalue weighted by Gasteiger charge is 2.24. The first-order valence-electron chi connectivity index (χ1n) is 7.06. The second kappa shape index (κ2) is 5.98. The summed E-state index contributed by atoms with van der Waals surface area (Å²) in [5, 5.41) is 5.31. The van der Waals surface area contributed by atoms with E-state index in [4.69, 9.17) is 17.3 Å². The molecule has 0 radical (unpaired) electrons. The molecule has 2 rings (SSSR count). The zero-order valence-corrected chi connectivity index (χ0v) is 13.1. The summed E-state index contributed by atoms with van der Waals surface area (Å²) in [6.07, 6.45) is 1.71. The number of halogens is 1. The Morgan fingerprint density at radius 2 is 1.90 bits per heavy atom. The highest BCUT2D eigenvalue weighted by atomic mass is 35.5. The van der Waals surface area contributed by atoms with E-state index in [9.17, 15) is 0 Å². The summed E-state index contributed by atoms with van der Waals surface area (Å²) in [6.45, 7) is 7.14. The van der Waals surface area contributed by atoms with Gasteiger partial charge in [0, 0.05) is 29.2 Å². The van der Waals surface area contributed by atoms with E-state index in [0.29, 0.717) is 0 Å². The van der Waals surface area contributed by atoms with Gasteiger partial charge in [-0.15, -0.1) is 0 Å². The third kappa shape index (κ3) is 3.22. The van der Waals surface area contributed by atoms with Gasteiger partial charge in [-0.1, -0.05) is 30.7 Å². The molecule has 0 aliphatic carbocycles. The van der Waals surface area contributed by atoms with Crippen LogP contribution in [0.5, 0.6) is 0 Å². The fraction of sp³-hybridized carbons (Fsp3) is 0.438. The van der Waals surface area contributed by atoms with Gasteiger partial charge in [0.1, 0.15) is 0 Å². The van der Waals surface area contributed by atoms with Crippen LogP contribution in [0.2, 0.25) is 5.02 Å². The number of nitrogens with two attached hydrogens (primary N) is 1. The van der Waals surface area contributed by atoms with Crippen LogP contribution < -0.4 is 5.73 Å². The van der Waals surface area contributed by atoms with E-state index in [-0.39, 0.29) is 0 Å². The van der Waals surface area contributed by atoms with E-state index in [1.807, 2.05) is 28.9 Å². The molecule has 0 aliphatic heterocycles. The van der Waals surface area contributed by atoms with Crippen LogP contribution in [0, 0.1) is 0 Å². The van der Waals surface area contributed by atoms with Crippen molar-refractivity contribution in [2.24, 2.45) is 5.73 Å². The van der Waals surface area contributed by atoms with Crippen LogP contribution >= 0.6 is 11.6 Å². The molecule has 108 valence electrons. The van der Waals surface area contributed by atoms with Gasteiger partial charge in [0.2, 0.25) is 0 Å². The van der Waals surface area contributed by atoms with Gasteiger partial charge >= 0.3 is 0 Å². The number of hydrogen-bond acceptors (Lipinski definition) is 2. The minimum absolute atomic E-state index is 0.428. The second-order valence-corrected chi connectivity index (χ2v) is 5.83. The molecular formula is C16H22ClN3. The van der Waals surface area contributed by atoms with Gasteiger partial charge < -0.3 is 5.73 Å². The molecule has 1 unspecified atom stereocenters. The number of hydrogen-bond donors (Lipinski definition) is 1. The maximum Gasteiger partial charge on any atom is 0.0624 e. The first kappa shape index (κ1) is 15.1. The van der Waals surface area contributed by atoms with Gasteiger partial charge in [0.15, 0.2) is 0 Å². The first-order valence-corrected chi connectivity index (χ1v) is 7.44. The monoisotopic (exact) mass is 291 g/mol. The summed E-state index contributed by atoms with van der Waals surface area (Å²) in [7, 11) is 0. The topological polar surface area (TPSA) is 43.8 Å². The molecule has 0 saturated heterocycles. The summed E-state index contributed by atoms with van der Waals surface area (Å²) in [5.74, 6) is 0. The normalized spacial score (nSPS) is 14.2. The lowest BCUT2D eigenvalue weighted by Gasteiger charge is -2.25. The predicted molar refractivity (Wildman–Crippen MR) is 84.0 cm³/mol. The van der Waals surface area contributed by atoms with Crippen LogP contribution in [0.15, 0.2) is 30.3 Å². The number of benzene rings is 1. The summed E-state index contributed by atoms with van der Waals surface area (Å²) >= 11 is 5.94. The number of rotatable bonds is 5. The molecule has 0 aliphatic rings. The molecule has 2 N–H and O–H groups in total. The molecule has 4 heteroatoms. The van der Waals surface area contributed by atoms with Crippen LogP contribution in [0.1, 0.15) is 37.7 Å². The zero-order valence-electron chi connectivity index (χ0n) is 12.4. The highest BCUT2D eigenvalue weighted by Crippen LogP contribution is 2.24. The Balaban J connectivity index is 2.27. The molecule has 2 aromatic rings. The van der Waals surface area contributed by atoms with Crippen molar-refractivity contribution in [3.8, 4) is 0 Å². The van der Waals surface area contributed by atoms with E-state index in [1.165, 1.54) is 5.69 Å². The van der Waals surface area contributed by atoms with Crippen molar-refractivity contribution in [2.45, 2.75) is 45.7 Å². The Labute approximate surface area is 125 Å². The third-order valence-corrected chi connectivity index (χ3v) is 3.88. The standard InChI is InChI=1S/C16H22ClN3/c1-4-14-10-15(20(5-2)19-14)11-16(3,18)12-6-8-13(17)9-7-12/h6-10H,4-5,11,18H2,1-3H3. The fourth-order valence-corrected chi connectivity index (χ4v) is 2.54. The van der Waals surface area contributed by atoms with Crippen molar-refractivity contribution < 1.29 is 0 Å². The Kier molecular flexibility index (Phi) is 4.51. The van der Waals surface area contributed by atoms with E-state index in [0.717, 1.165) is 35.7 Å². The summed E-state index contributed by atoms with van der Waals surface area (Å²) in [6, 6.07) is 9.92. The molecule has 0 saturated carbocycles. The van der Waals surface area contributed by atoms with Crippen molar-refractivity contribution in [1.29, 1.82) is 0 Å². The lowest BCUT2D eigenvalue weighted by atomic mass is 9.88. The van der Waals surface area contributed by atoms with Crippen molar-refractivity contribution in [3.05, 3.63) is 52.3 Å². The van der Waals surface area contributed by atoms with Crippen molar-refractivity contribution >= 4 is 11.6 Å². The Morgan fingerprint density at radius 3 is 2.45 bits per heavy atom. The van der Waals surface area contributed by atoms with E-state index >= 15 is 0 Å². The summed E-state index contributed by atoms with van der Waals surface area (Å²) < 4.78 is 2.04. The molecule has 0 fully saturated rings. The maximum absolute atomic E-state index is 6.51. The van der Waals surface area contributed by atoms with E-state index in [2.05, 4.69) is 31.9 Å². The van der Waals surface area contributed by atoms with Gasteiger partial charge in [-0.25, -0.2) is 0 Å². The van der Waals surface area contributed by atoms with Crippen molar-refractivity contribution in [2.75, 3.05) is 0 Å². The minimum atomic E-state index is -0.428. The second-order valence-electron chi connectivity index (χ2n) is 5.40. The van der Waals surface area contributed by atoms with Crippen molar-refractivity contribution in [3.63, 3.8) is 0 Å². The maximum atomic E-state index is 6.51. The Morgan fingerprint density at radius 1 is 1.25 bits per heavy atom. The van der Waals surface area contributed by atoms with Gasteiger partial charge in [-0.2, -0.15) is 5.10 Å². The number of aromatic nitrogens is 2.